The first-order valence-electron chi connectivity index (χ1n) is 11.8. The lowest BCUT2D eigenvalue weighted by atomic mass is 9.45. The van der Waals surface area contributed by atoms with Crippen molar-refractivity contribution in [1.29, 1.82) is 0 Å². The van der Waals surface area contributed by atoms with E-state index < -0.39 is 4.92 Å². The van der Waals surface area contributed by atoms with Crippen LogP contribution in [0.5, 0.6) is 5.75 Å². The van der Waals surface area contributed by atoms with Crippen molar-refractivity contribution in [2.75, 3.05) is 0 Å². The Morgan fingerprint density at radius 1 is 1.03 bits per heavy atom. The molecule has 6 nitrogen and oxygen atoms in total. The van der Waals surface area contributed by atoms with Crippen LogP contribution in [0.1, 0.15) is 71.6 Å². The molecule has 31 heavy (non-hydrogen) atoms. The highest BCUT2D eigenvalue weighted by Gasteiger charge is 2.60. The maximum absolute atomic E-state index is 12.6. The first kappa shape index (κ1) is 20.7. The van der Waals surface area contributed by atoms with Gasteiger partial charge in [0.2, 0.25) is 0 Å². The van der Waals surface area contributed by atoms with E-state index in [-0.39, 0.29) is 11.1 Å². The topological polar surface area (TPSA) is 81.8 Å². The fourth-order valence-corrected chi connectivity index (χ4v) is 7.66. The van der Waals surface area contributed by atoms with Crippen LogP contribution < -0.4 is 4.84 Å². The Labute approximate surface area is 183 Å². The molecule has 0 saturated heterocycles. The standard InChI is InChI=1S/C25H32N2O4/c1-24-13-11-17(26-31-19-6-4-18(5-7-19)27(29)30)15-16(24)3-8-20-21-9-10-23(28)25(21,2)14-12-22(20)24/h4-7,16,20-22H,3,8-15H2,1-2H3/b26-17+/t16-,20-,21-,22-,24-,25-/m0/s1. The van der Waals surface area contributed by atoms with Crippen molar-refractivity contribution in [2.24, 2.45) is 39.7 Å². The fourth-order valence-electron chi connectivity index (χ4n) is 7.66. The van der Waals surface area contributed by atoms with Crippen LogP contribution in [-0.2, 0) is 4.79 Å². The van der Waals surface area contributed by atoms with Crippen molar-refractivity contribution < 1.29 is 14.6 Å². The summed E-state index contributed by atoms with van der Waals surface area (Å²) >= 11 is 0. The number of nitro groups is 1. The van der Waals surface area contributed by atoms with Gasteiger partial charge < -0.3 is 4.84 Å². The van der Waals surface area contributed by atoms with Gasteiger partial charge in [-0.2, -0.15) is 0 Å². The molecule has 0 unspecified atom stereocenters. The Hall–Kier alpha value is -2.24. The third kappa shape index (κ3) is 3.30. The average Bonchev–Trinajstić information content (AvgIpc) is 3.07. The first-order valence-corrected chi connectivity index (χ1v) is 11.8. The van der Waals surface area contributed by atoms with E-state index in [1.807, 2.05) is 0 Å². The number of fused-ring (bicyclic) bond motifs is 5. The van der Waals surface area contributed by atoms with E-state index in [9.17, 15) is 14.9 Å². The van der Waals surface area contributed by atoms with Gasteiger partial charge in [0, 0.05) is 24.0 Å². The lowest BCUT2D eigenvalue weighted by molar-refractivity contribution is -0.384. The third-order valence-corrected chi connectivity index (χ3v) is 9.54. The summed E-state index contributed by atoms with van der Waals surface area (Å²) < 4.78 is 0. The van der Waals surface area contributed by atoms with Crippen LogP contribution in [0.4, 0.5) is 5.69 Å². The lowest BCUT2D eigenvalue weighted by Crippen LogP contribution is -2.53. The Morgan fingerprint density at radius 2 is 1.81 bits per heavy atom. The second kappa shape index (κ2) is 7.42. The van der Waals surface area contributed by atoms with Crippen molar-refractivity contribution in [3.05, 3.63) is 34.4 Å². The van der Waals surface area contributed by atoms with Gasteiger partial charge in [-0.05, 0) is 92.6 Å². The number of hydrogen-bond donors (Lipinski definition) is 0. The van der Waals surface area contributed by atoms with Crippen LogP contribution in [0.15, 0.2) is 29.4 Å². The van der Waals surface area contributed by atoms with E-state index in [0.29, 0.717) is 34.7 Å². The molecule has 0 aromatic heterocycles. The molecule has 0 aliphatic heterocycles. The molecule has 5 rings (SSSR count). The largest absolute Gasteiger partial charge is 0.357 e. The average molecular weight is 425 g/mol. The number of benzene rings is 1. The predicted molar refractivity (Wildman–Crippen MR) is 118 cm³/mol. The number of non-ortho nitro benzene ring substituents is 1. The summed E-state index contributed by atoms with van der Waals surface area (Å²) in [6.45, 7) is 4.75. The van der Waals surface area contributed by atoms with Crippen LogP contribution in [0.3, 0.4) is 0 Å². The van der Waals surface area contributed by atoms with E-state index in [2.05, 4.69) is 19.0 Å². The molecule has 1 aromatic carbocycles. The predicted octanol–water partition coefficient (Wildman–Crippen LogP) is 5.94. The van der Waals surface area contributed by atoms with Gasteiger partial charge in [-0.15, -0.1) is 0 Å². The van der Waals surface area contributed by atoms with Crippen molar-refractivity contribution in [2.45, 2.75) is 71.6 Å². The number of nitro benzene ring substituents is 1. The van der Waals surface area contributed by atoms with Crippen LogP contribution in [-0.4, -0.2) is 16.4 Å². The summed E-state index contributed by atoms with van der Waals surface area (Å²) in [6.07, 6.45) is 9.70. The van der Waals surface area contributed by atoms with Crippen LogP contribution in [0, 0.1) is 44.6 Å². The molecular formula is C25H32N2O4. The molecule has 0 amide bonds. The SMILES string of the molecule is C[C@]12CC/C(=N\Oc3ccc([N+](=O)[O-])cc3)C[C@@H]1CC[C@@H]1[C@@H]2CC[C@]2(C)C(=O)CC[C@@H]12. The molecule has 4 fully saturated rings. The van der Waals surface area contributed by atoms with Crippen LogP contribution >= 0.6 is 0 Å². The summed E-state index contributed by atoms with van der Waals surface area (Å²) in [7, 11) is 0. The van der Waals surface area contributed by atoms with Crippen LogP contribution in [0.2, 0.25) is 0 Å². The Morgan fingerprint density at radius 3 is 2.55 bits per heavy atom. The van der Waals surface area contributed by atoms with Gasteiger partial charge in [-0.25, -0.2) is 0 Å². The molecule has 6 atom stereocenters. The van der Waals surface area contributed by atoms with E-state index >= 15 is 0 Å². The van der Waals surface area contributed by atoms with E-state index in [4.69, 9.17) is 4.84 Å². The van der Waals surface area contributed by atoms with Crippen molar-refractivity contribution in [1.82, 2.24) is 0 Å². The highest BCUT2D eigenvalue weighted by molar-refractivity contribution is 5.87. The zero-order valence-electron chi connectivity index (χ0n) is 18.5. The molecule has 0 heterocycles. The van der Waals surface area contributed by atoms with Gasteiger partial charge in [-0.1, -0.05) is 19.0 Å². The minimum atomic E-state index is -0.413. The third-order valence-electron chi connectivity index (χ3n) is 9.54. The monoisotopic (exact) mass is 424 g/mol. The summed E-state index contributed by atoms with van der Waals surface area (Å²) in [5, 5.41) is 15.2. The number of hydrogen-bond acceptors (Lipinski definition) is 5. The number of nitrogens with zero attached hydrogens (tertiary/aromatic N) is 2. The zero-order chi connectivity index (χ0) is 21.8. The molecule has 166 valence electrons. The second-order valence-corrected chi connectivity index (χ2v) is 10.8. The molecule has 0 radical (unpaired) electrons. The van der Waals surface area contributed by atoms with Gasteiger partial charge in [-0.3, -0.25) is 14.9 Å². The van der Waals surface area contributed by atoms with Gasteiger partial charge in [0.1, 0.15) is 5.78 Å². The molecule has 4 aliphatic carbocycles. The number of carbonyl (C=O) groups is 1. The van der Waals surface area contributed by atoms with Crippen molar-refractivity contribution in [3.63, 3.8) is 0 Å². The second-order valence-electron chi connectivity index (χ2n) is 10.8. The van der Waals surface area contributed by atoms with Gasteiger partial charge >= 0.3 is 0 Å². The summed E-state index contributed by atoms with van der Waals surface area (Å²) in [5.74, 6) is 3.71. The van der Waals surface area contributed by atoms with E-state index in [0.717, 1.165) is 50.2 Å². The first-order chi connectivity index (χ1) is 14.8. The highest BCUT2D eigenvalue weighted by Crippen LogP contribution is 2.65. The molecular weight excluding hydrogens is 392 g/mol. The number of Topliss-reactive ketones (excluding diaryl/α,β-unsaturated/α-hetero) is 1. The maximum atomic E-state index is 12.6. The number of carbonyl (C=O) groups excluding carboxylic acids is 1. The van der Waals surface area contributed by atoms with Crippen molar-refractivity contribution in [3.8, 4) is 5.75 Å². The minimum absolute atomic E-state index is 0.0513. The molecule has 4 aliphatic rings. The summed E-state index contributed by atoms with van der Waals surface area (Å²) in [5.41, 5.74) is 1.45. The smallest absolute Gasteiger partial charge is 0.269 e. The lowest BCUT2D eigenvalue weighted by Gasteiger charge is -2.59. The van der Waals surface area contributed by atoms with E-state index in [1.165, 1.54) is 31.4 Å². The summed E-state index contributed by atoms with van der Waals surface area (Å²) in [6, 6.07) is 6.09. The molecule has 0 spiro atoms. The summed E-state index contributed by atoms with van der Waals surface area (Å²) in [4.78, 5) is 28.6. The van der Waals surface area contributed by atoms with Gasteiger partial charge in [0.05, 0.1) is 10.6 Å². The Balaban J connectivity index is 1.27. The number of rotatable bonds is 3. The van der Waals surface area contributed by atoms with Crippen LogP contribution in [0.25, 0.3) is 0 Å². The quantitative estimate of drug-likeness (QED) is 0.444. The molecule has 1 aromatic rings. The molecule has 4 saturated carbocycles. The van der Waals surface area contributed by atoms with Crippen molar-refractivity contribution >= 4 is 17.2 Å². The van der Waals surface area contributed by atoms with Gasteiger partial charge in [0.25, 0.3) is 5.69 Å². The van der Waals surface area contributed by atoms with E-state index in [1.54, 1.807) is 12.1 Å². The highest BCUT2D eigenvalue weighted by atomic mass is 16.6. The molecule has 6 heteroatoms. The molecule has 0 N–H and O–H groups in total. The number of ketones is 1. The Kier molecular flexibility index (Phi) is 4.94. The Bertz CT molecular complexity index is 926. The number of oxime groups is 1. The maximum Gasteiger partial charge on any atom is 0.269 e. The fraction of sp³-hybridized carbons (Fsp3) is 0.680. The normalized spacial score (nSPS) is 40.7. The molecule has 0 bridgehead atoms. The van der Waals surface area contributed by atoms with Gasteiger partial charge in [0.15, 0.2) is 5.75 Å². The zero-order valence-corrected chi connectivity index (χ0v) is 18.5. The minimum Gasteiger partial charge on any atom is -0.357 e.